The highest BCUT2D eigenvalue weighted by Crippen LogP contribution is 2.19. The zero-order valence-corrected chi connectivity index (χ0v) is 23.6. The van der Waals surface area contributed by atoms with E-state index in [0.717, 1.165) is 23.7 Å². The number of hydrogen-bond acceptors (Lipinski definition) is 7. The van der Waals surface area contributed by atoms with E-state index in [2.05, 4.69) is 15.6 Å². The molecule has 0 bridgehead atoms. The van der Waals surface area contributed by atoms with Crippen LogP contribution in [0.25, 0.3) is 10.9 Å². The monoisotopic (exact) mass is 572 g/mol. The van der Waals surface area contributed by atoms with Crippen LogP contribution in [0.1, 0.15) is 35.7 Å². The summed E-state index contributed by atoms with van der Waals surface area (Å²) in [6.45, 7) is 2.85. The van der Waals surface area contributed by atoms with Crippen LogP contribution in [0.4, 0.5) is 5.69 Å². The van der Waals surface area contributed by atoms with Gasteiger partial charge in [-0.1, -0.05) is 54.2 Å². The van der Waals surface area contributed by atoms with E-state index in [1.165, 1.54) is 4.57 Å². The molecule has 0 saturated heterocycles. The van der Waals surface area contributed by atoms with Crippen molar-refractivity contribution in [1.29, 1.82) is 0 Å². The topological polar surface area (TPSA) is 119 Å². The van der Waals surface area contributed by atoms with E-state index in [1.807, 2.05) is 30.3 Å². The molecule has 0 saturated carbocycles. The number of para-hydroxylation sites is 1. The van der Waals surface area contributed by atoms with Gasteiger partial charge in [-0.3, -0.25) is 19.0 Å². The number of nitrogens with one attached hydrogen (secondary N) is 2. The van der Waals surface area contributed by atoms with Crippen molar-refractivity contribution < 1.29 is 19.1 Å². The number of anilines is 1. The van der Waals surface area contributed by atoms with Gasteiger partial charge >= 0.3 is 5.97 Å². The van der Waals surface area contributed by atoms with E-state index < -0.39 is 5.97 Å². The number of nitrogens with zero attached hydrogens (tertiary/aromatic N) is 2. The van der Waals surface area contributed by atoms with Crippen LogP contribution in [-0.2, 0) is 27.3 Å². The number of carbonyl (C=O) groups is 3. The smallest absolute Gasteiger partial charge is 0.338 e. The molecule has 4 rings (SSSR count). The molecule has 0 aliphatic rings. The standard InChI is InChI=1S/C31H32N4O5S/c1-2-40-30(39)23-14-16-24(17-15-23)33-28(37)21-41-31-34-26-12-7-6-11-25(26)29(38)35(31)20-8-13-27(36)32-19-18-22-9-4-3-5-10-22/h3-7,9-12,14-17H,2,8,13,18-21H2,1H3,(H,32,36)(H,33,37). The van der Waals surface area contributed by atoms with Crippen molar-refractivity contribution in [3.63, 3.8) is 0 Å². The average molecular weight is 573 g/mol. The summed E-state index contributed by atoms with van der Waals surface area (Å²) in [6.07, 6.45) is 1.46. The van der Waals surface area contributed by atoms with Gasteiger partial charge in [0.15, 0.2) is 5.16 Å². The van der Waals surface area contributed by atoms with Crippen molar-refractivity contribution in [1.82, 2.24) is 14.9 Å². The Kier molecular flexibility index (Phi) is 10.7. The van der Waals surface area contributed by atoms with Gasteiger partial charge in [-0.05, 0) is 61.7 Å². The highest BCUT2D eigenvalue weighted by molar-refractivity contribution is 7.99. The number of benzene rings is 3. The average Bonchev–Trinajstić information content (AvgIpc) is 2.98. The minimum atomic E-state index is -0.425. The molecule has 41 heavy (non-hydrogen) atoms. The predicted molar refractivity (Wildman–Crippen MR) is 160 cm³/mol. The lowest BCUT2D eigenvalue weighted by atomic mass is 10.1. The maximum Gasteiger partial charge on any atom is 0.338 e. The number of fused-ring (bicyclic) bond motifs is 1. The van der Waals surface area contributed by atoms with Crippen LogP contribution in [-0.4, -0.2) is 46.2 Å². The number of aromatic nitrogens is 2. The molecule has 10 heteroatoms. The lowest BCUT2D eigenvalue weighted by Gasteiger charge is -2.13. The lowest BCUT2D eigenvalue weighted by molar-refractivity contribution is -0.121. The summed E-state index contributed by atoms with van der Waals surface area (Å²) in [7, 11) is 0. The fourth-order valence-corrected chi connectivity index (χ4v) is 4.99. The summed E-state index contributed by atoms with van der Waals surface area (Å²) >= 11 is 1.15. The summed E-state index contributed by atoms with van der Waals surface area (Å²) in [5.41, 5.74) is 2.42. The maximum atomic E-state index is 13.3. The van der Waals surface area contributed by atoms with Crippen molar-refractivity contribution in [3.8, 4) is 0 Å². The van der Waals surface area contributed by atoms with E-state index >= 15 is 0 Å². The Labute approximate surface area is 242 Å². The molecule has 2 N–H and O–H groups in total. The molecule has 0 spiro atoms. The Balaban J connectivity index is 1.35. The number of rotatable bonds is 13. The molecule has 0 aliphatic carbocycles. The molecule has 0 unspecified atom stereocenters. The summed E-state index contributed by atoms with van der Waals surface area (Å²) in [5.74, 6) is -0.772. The van der Waals surface area contributed by atoms with Crippen LogP contribution in [0, 0.1) is 0 Å². The number of thioether (sulfide) groups is 1. The molecule has 212 valence electrons. The first kappa shape index (κ1) is 29.5. The van der Waals surface area contributed by atoms with Crippen molar-refractivity contribution in [3.05, 3.63) is 100 Å². The third-order valence-corrected chi connectivity index (χ3v) is 7.18. The molecule has 0 aliphatic heterocycles. The fourth-order valence-electron chi connectivity index (χ4n) is 4.16. The Bertz CT molecular complexity index is 1550. The highest BCUT2D eigenvalue weighted by Gasteiger charge is 2.14. The van der Waals surface area contributed by atoms with E-state index in [-0.39, 0.29) is 36.2 Å². The molecule has 0 atom stereocenters. The highest BCUT2D eigenvalue weighted by atomic mass is 32.2. The van der Waals surface area contributed by atoms with Gasteiger partial charge in [0.1, 0.15) is 0 Å². The number of carbonyl (C=O) groups excluding carboxylic acids is 3. The Morgan fingerprint density at radius 3 is 2.41 bits per heavy atom. The van der Waals surface area contributed by atoms with Gasteiger partial charge in [-0.15, -0.1) is 0 Å². The zero-order chi connectivity index (χ0) is 29.0. The first-order chi connectivity index (χ1) is 19.9. The van der Waals surface area contributed by atoms with Crippen LogP contribution in [0.15, 0.2) is 88.8 Å². The molecule has 1 aromatic heterocycles. The minimum Gasteiger partial charge on any atom is -0.462 e. The molecule has 0 radical (unpaired) electrons. The summed E-state index contributed by atoms with van der Waals surface area (Å²) < 4.78 is 6.51. The van der Waals surface area contributed by atoms with E-state index in [9.17, 15) is 19.2 Å². The van der Waals surface area contributed by atoms with Gasteiger partial charge in [0.05, 0.1) is 28.8 Å². The second-order valence-electron chi connectivity index (χ2n) is 9.19. The largest absolute Gasteiger partial charge is 0.462 e. The number of hydrogen-bond donors (Lipinski definition) is 2. The van der Waals surface area contributed by atoms with Crippen LogP contribution < -0.4 is 16.2 Å². The number of esters is 1. The van der Waals surface area contributed by atoms with Crippen molar-refractivity contribution in [2.24, 2.45) is 0 Å². The van der Waals surface area contributed by atoms with Gasteiger partial charge < -0.3 is 15.4 Å². The predicted octanol–water partition coefficient (Wildman–Crippen LogP) is 4.44. The molecule has 9 nitrogen and oxygen atoms in total. The van der Waals surface area contributed by atoms with Gasteiger partial charge in [0.25, 0.3) is 5.56 Å². The molecular weight excluding hydrogens is 540 g/mol. The van der Waals surface area contributed by atoms with Crippen LogP contribution in [0.2, 0.25) is 0 Å². The number of amides is 2. The van der Waals surface area contributed by atoms with Crippen molar-refractivity contribution >= 4 is 46.1 Å². The van der Waals surface area contributed by atoms with Gasteiger partial charge in [0.2, 0.25) is 11.8 Å². The number of ether oxygens (including phenoxy) is 1. The van der Waals surface area contributed by atoms with Crippen molar-refractivity contribution in [2.75, 3.05) is 24.2 Å². The van der Waals surface area contributed by atoms with E-state index in [1.54, 1.807) is 55.5 Å². The molecule has 4 aromatic rings. The van der Waals surface area contributed by atoms with Gasteiger partial charge in [0, 0.05) is 25.2 Å². The first-order valence-electron chi connectivity index (χ1n) is 13.4. The second-order valence-corrected chi connectivity index (χ2v) is 10.1. The maximum absolute atomic E-state index is 13.3. The van der Waals surface area contributed by atoms with Crippen LogP contribution in [0.3, 0.4) is 0 Å². The van der Waals surface area contributed by atoms with E-state index in [0.29, 0.717) is 46.8 Å². The quantitative estimate of drug-likeness (QED) is 0.138. The van der Waals surface area contributed by atoms with Crippen molar-refractivity contribution in [2.45, 2.75) is 37.9 Å². The SMILES string of the molecule is CCOC(=O)c1ccc(NC(=O)CSc2nc3ccccc3c(=O)n2CCCC(=O)NCCc2ccccc2)cc1. The first-order valence-corrected chi connectivity index (χ1v) is 14.4. The zero-order valence-electron chi connectivity index (χ0n) is 22.8. The van der Waals surface area contributed by atoms with Crippen LogP contribution in [0.5, 0.6) is 0 Å². The van der Waals surface area contributed by atoms with Gasteiger partial charge in [-0.25, -0.2) is 9.78 Å². The Morgan fingerprint density at radius 2 is 1.66 bits per heavy atom. The molecule has 2 amide bonds. The third kappa shape index (κ3) is 8.52. The Hall–Kier alpha value is -4.44. The van der Waals surface area contributed by atoms with E-state index in [4.69, 9.17) is 4.74 Å². The summed E-state index contributed by atoms with van der Waals surface area (Å²) in [4.78, 5) is 54.8. The fraction of sp³-hybridized carbons (Fsp3) is 0.258. The molecule has 3 aromatic carbocycles. The molecule has 0 fully saturated rings. The lowest BCUT2D eigenvalue weighted by Crippen LogP contribution is -2.27. The summed E-state index contributed by atoms with van der Waals surface area (Å²) in [5, 5.41) is 6.61. The minimum absolute atomic E-state index is 0.0182. The van der Waals surface area contributed by atoms with Gasteiger partial charge in [-0.2, -0.15) is 0 Å². The molecular formula is C31H32N4O5S. The molecule has 1 heterocycles. The second kappa shape index (κ2) is 14.8. The Morgan fingerprint density at radius 1 is 0.927 bits per heavy atom. The third-order valence-electron chi connectivity index (χ3n) is 6.20. The normalized spacial score (nSPS) is 10.8. The summed E-state index contributed by atoms with van der Waals surface area (Å²) in [6, 6.07) is 23.4. The van der Waals surface area contributed by atoms with Crippen LogP contribution >= 0.6 is 11.8 Å².